The van der Waals surface area contributed by atoms with Gasteiger partial charge in [-0.25, -0.2) is 0 Å². The minimum absolute atomic E-state index is 0.0898. The van der Waals surface area contributed by atoms with Crippen molar-refractivity contribution in [2.24, 2.45) is 46.3 Å². The third-order valence-corrected chi connectivity index (χ3v) is 11.7. The van der Waals surface area contributed by atoms with Crippen LogP contribution in [0.1, 0.15) is 126 Å². The highest BCUT2D eigenvalue weighted by Crippen LogP contribution is 2.65. The second-order valence-electron chi connectivity index (χ2n) is 14.4. The topological polar surface area (TPSA) is 61.8 Å². The first-order chi connectivity index (χ1) is 22.2. The molecule has 1 saturated heterocycles. The molecule has 0 spiro atoms. The number of benzene rings is 1. The summed E-state index contributed by atoms with van der Waals surface area (Å²) >= 11 is 0. The lowest BCUT2D eigenvalue weighted by atomic mass is 9.44. The van der Waals surface area contributed by atoms with E-state index in [4.69, 9.17) is 9.47 Å². The van der Waals surface area contributed by atoms with Crippen molar-refractivity contribution in [2.45, 2.75) is 139 Å². The molecule has 1 aromatic rings. The molecule has 0 amide bonds. The normalized spacial score (nSPS) is 33.3. The minimum atomic E-state index is 0.0898. The molecule has 0 bridgehead atoms. The van der Waals surface area contributed by atoms with Crippen LogP contribution in [0.15, 0.2) is 42.0 Å². The van der Waals surface area contributed by atoms with E-state index in [9.17, 15) is 9.59 Å². The number of carbonyl (C=O) groups excluding carboxylic acids is 2. The Morgan fingerprint density at radius 2 is 1.72 bits per heavy atom. The lowest BCUT2D eigenvalue weighted by molar-refractivity contribution is -0.176. The molecule has 262 valence electrons. The van der Waals surface area contributed by atoms with Crippen LogP contribution < -0.4 is 0 Å². The first-order valence-electron chi connectivity index (χ1n) is 18.6. The Balaban J connectivity index is 0.000000442. The van der Waals surface area contributed by atoms with Crippen LogP contribution in [0.5, 0.6) is 0 Å². The van der Waals surface area contributed by atoms with E-state index >= 15 is 0 Å². The number of fused-ring (bicyclic) bond motifs is 5. The third kappa shape index (κ3) is 9.34. The summed E-state index contributed by atoms with van der Waals surface area (Å²) in [6, 6.07) is 9.55. The number of allylic oxidation sites excluding steroid dienone is 1. The number of hydrogen-bond donors (Lipinski definition) is 0. The molecule has 0 N–H and O–H groups in total. The number of hydrogen-bond acceptors (Lipinski definition) is 5. The van der Waals surface area contributed by atoms with Crippen LogP contribution in [0.2, 0.25) is 0 Å². The third-order valence-electron chi connectivity index (χ3n) is 11.7. The molecule has 1 aromatic carbocycles. The molecule has 46 heavy (non-hydrogen) atoms. The summed E-state index contributed by atoms with van der Waals surface area (Å²) in [6.07, 6.45) is 14.4. The second-order valence-corrected chi connectivity index (χ2v) is 14.4. The predicted octanol–water partition coefficient (Wildman–Crippen LogP) is 10.3. The van der Waals surface area contributed by atoms with Crippen molar-refractivity contribution in [2.75, 3.05) is 13.2 Å². The molecule has 9 atom stereocenters. The number of aldehydes is 1. The maximum absolute atomic E-state index is 11.0. The van der Waals surface area contributed by atoms with Gasteiger partial charge >= 0.3 is 0 Å². The Labute approximate surface area is 282 Å². The SMILES string of the molecule is CC.CC.CCC(OCC=O)C1COC(C)C2(C)C3=CCC4CC(CC(C)C)CCC4(C)C3CCC12.O=COCc1ccccc1. The van der Waals surface area contributed by atoms with E-state index in [0.29, 0.717) is 36.2 Å². The lowest BCUT2D eigenvalue weighted by Crippen LogP contribution is -2.59. The van der Waals surface area contributed by atoms with Crippen molar-refractivity contribution < 1.29 is 23.8 Å². The first kappa shape index (κ1) is 40.2. The van der Waals surface area contributed by atoms with Crippen molar-refractivity contribution >= 4 is 12.8 Å². The van der Waals surface area contributed by atoms with E-state index in [1.54, 1.807) is 5.57 Å². The molecular formula is C41H68O5. The Hall–Kier alpha value is -1.98. The molecule has 5 nitrogen and oxygen atoms in total. The van der Waals surface area contributed by atoms with E-state index in [1.165, 1.54) is 44.9 Å². The summed E-state index contributed by atoms with van der Waals surface area (Å²) in [4.78, 5) is 20.7. The average molecular weight is 641 g/mol. The van der Waals surface area contributed by atoms with E-state index < -0.39 is 0 Å². The summed E-state index contributed by atoms with van der Waals surface area (Å²) in [5.74, 6) is 4.28. The highest BCUT2D eigenvalue weighted by atomic mass is 16.5. The molecule has 4 aliphatic rings. The van der Waals surface area contributed by atoms with E-state index in [-0.39, 0.29) is 24.2 Å². The summed E-state index contributed by atoms with van der Waals surface area (Å²) in [6.45, 7) is 24.2. The van der Waals surface area contributed by atoms with Crippen molar-refractivity contribution in [3.05, 3.63) is 47.5 Å². The highest BCUT2D eigenvalue weighted by Gasteiger charge is 2.60. The molecule has 0 radical (unpaired) electrons. The smallest absolute Gasteiger partial charge is 0.293 e. The molecule has 2 saturated carbocycles. The average Bonchev–Trinajstić information content (AvgIpc) is 3.08. The van der Waals surface area contributed by atoms with Gasteiger partial charge in [0, 0.05) is 11.3 Å². The van der Waals surface area contributed by atoms with Gasteiger partial charge in [0.1, 0.15) is 19.5 Å². The summed E-state index contributed by atoms with van der Waals surface area (Å²) < 4.78 is 17.1. The van der Waals surface area contributed by atoms with Gasteiger partial charge in [0.05, 0.1) is 18.8 Å². The van der Waals surface area contributed by atoms with Gasteiger partial charge in [-0.2, -0.15) is 0 Å². The fourth-order valence-electron chi connectivity index (χ4n) is 9.44. The van der Waals surface area contributed by atoms with Crippen molar-refractivity contribution in [1.29, 1.82) is 0 Å². The van der Waals surface area contributed by atoms with Gasteiger partial charge in [0.2, 0.25) is 0 Å². The van der Waals surface area contributed by atoms with Crippen molar-refractivity contribution in [1.82, 2.24) is 0 Å². The number of carbonyl (C=O) groups is 2. The number of rotatable bonds is 10. The fraction of sp³-hybridized carbons (Fsp3) is 0.756. The van der Waals surface area contributed by atoms with Gasteiger partial charge in [-0.15, -0.1) is 0 Å². The zero-order valence-corrected chi connectivity index (χ0v) is 31.1. The van der Waals surface area contributed by atoms with Gasteiger partial charge in [0.15, 0.2) is 0 Å². The summed E-state index contributed by atoms with van der Waals surface area (Å²) in [5, 5.41) is 0. The Morgan fingerprint density at radius 3 is 2.33 bits per heavy atom. The van der Waals surface area contributed by atoms with Gasteiger partial charge in [-0.1, -0.05) is 104 Å². The second kappa shape index (κ2) is 19.7. The molecular weight excluding hydrogens is 572 g/mol. The molecule has 3 aliphatic carbocycles. The standard InChI is InChI=1S/C29H48O3.C8H8O2.2C2H6/c1-7-27(31-15-14-30)23-18-32-20(4)29(6)24(23)10-11-25-26(29)9-8-22-17-21(16-19(2)3)12-13-28(22,25)5;9-7-10-6-8-4-2-1-3-5-8;2*1-2/h9,14,19-25,27H,7-8,10-13,15-18H2,1-6H3;1-5,7H,6H2;2*1-2H3. The monoisotopic (exact) mass is 641 g/mol. The molecule has 1 heterocycles. The van der Waals surface area contributed by atoms with Gasteiger partial charge in [0.25, 0.3) is 6.47 Å². The van der Waals surface area contributed by atoms with Gasteiger partial charge in [-0.3, -0.25) is 4.79 Å². The Bertz CT molecular complexity index is 1040. The maximum Gasteiger partial charge on any atom is 0.293 e. The summed E-state index contributed by atoms with van der Waals surface area (Å²) in [7, 11) is 0. The van der Waals surface area contributed by atoms with Crippen LogP contribution in [-0.4, -0.2) is 38.2 Å². The highest BCUT2D eigenvalue weighted by molar-refractivity contribution is 5.50. The zero-order valence-electron chi connectivity index (χ0n) is 31.1. The summed E-state index contributed by atoms with van der Waals surface area (Å²) in [5.41, 5.74) is 3.27. The molecule has 5 rings (SSSR count). The molecule has 0 aromatic heterocycles. The van der Waals surface area contributed by atoms with Crippen molar-refractivity contribution in [3.8, 4) is 0 Å². The zero-order chi connectivity index (χ0) is 34.3. The van der Waals surface area contributed by atoms with Gasteiger partial charge < -0.3 is 19.0 Å². The maximum atomic E-state index is 11.0. The number of ether oxygens (including phenoxy) is 3. The van der Waals surface area contributed by atoms with Crippen molar-refractivity contribution in [3.63, 3.8) is 0 Å². The van der Waals surface area contributed by atoms with Crippen LogP contribution >= 0.6 is 0 Å². The van der Waals surface area contributed by atoms with Crippen LogP contribution in [0.3, 0.4) is 0 Å². The van der Waals surface area contributed by atoms with Crippen LogP contribution in [-0.2, 0) is 30.4 Å². The van der Waals surface area contributed by atoms with Crippen LogP contribution in [0, 0.1) is 46.3 Å². The van der Waals surface area contributed by atoms with Gasteiger partial charge in [-0.05, 0) is 98.9 Å². The quantitative estimate of drug-likeness (QED) is 0.188. The largest absolute Gasteiger partial charge is 0.463 e. The molecule has 9 unspecified atom stereocenters. The van der Waals surface area contributed by atoms with E-state index in [0.717, 1.165) is 42.6 Å². The first-order valence-corrected chi connectivity index (χ1v) is 18.6. The van der Waals surface area contributed by atoms with E-state index in [1.807, 2.05) is 58.0 Å². The molecule has 1 aliphatic heterocycles. The fourth-order valence-corrected chi connectivity index (χ4v) is 9.44. The van der Waals surface area contributed by atoms with E-state index in [2.05, 4.69) is 52.4 Å². The predicted molar refractivity (Wildman–Crippen MR) is 190 cm³/mol. The minimum Gasteiger partial charge on any atom is -0.463 e. The Kier molecular flexibility index (Phi) is 17.3. The molecule has 3 fully saturated rings. The van der Waals surface area contributed by atoms with Crippen LogP contribution in [0.4, 0.5) is 0 Å². The molecule has 5 heteroatoms. The van der Waals surface area contributed by atoms with Crippen LogP contribution in [0.25, 0.3) is 0 Å². The lowest BCUT2D eigenvalue weighted by Gasteiger charge is -2.63. The Morgan fingerprint density at radius 1 is 1.02 bits per heavy atom.